The number of carbonyl (C=O) groups excluding carboxylic acids is 2. The maximum Gasteiger partial charge on any atom is 0.407 e. The van der Waals surface area contributed by atoms with E-state index in [4.69, 9.17) is 4.74 Å². The maximum absolute atomic E-state index is 11.4. The lowest BCUT2D eigenvalue weighted by atomic mass is 10.2. The van der Waals surface area contributed by atoms with Crippen molar-refractivity contribution in [1.29, 1.82) is 0 Å². The van der Waals surface area contributed by atoms with Crippen LogP contribution in [-0.4, -0.2) is 56.2 Å². The Morgan fingerprint density at radius 2 is 1.75 bits per heavy atom. The third kappa shape index (κ3) is 11.8. The Hall–Kier alpha value is -1.30. The molecule has 0 aromatic carbocycles. The fourth-order valence-corrected chi connectivity index (χ4v) is 1.60. The Labute approximate surface area is 122 Å². The molecule has 6 nitrogen and oxygen atoms in total. The zero-order valence-electron chi connectivity index (χ0n) is 13.4. The molecule has 0 aromatic heterocycles. The number of carbonyl (C=O) groups is 2. The van der Waals surface area contributed by atoms with E-state index < -0.39 is 5.60 Å². The highest BCUT2D eigenvalue weighted by atomic mass is 16.6. The molecule has 0 aliphatic heterocycles. The summed E-state index contributed by atoms with van der Waals surface area (Å²) < 4.78 is 5.14. The first-order valence-corrected chi connectivity index (χ1v) is 7.10. The van der Waals surface area contributed by atoms with E-state index in [9.17, 15) is 9.59 Å². The molecule has 0 atom stereocenters. The van der Waals surface area contributed by atoms with Crippen LogP contribution in [0.5, 0.6) is 0 Å². The number of nitrogens with one attached hydrogen (secondary N) is 2. The second kappa shape index (κ2) is 9.58. The predicted octanol–water partition coefficient (Wildman–Crippen LogP) is 1.36. The van der Waals surface area contributed by atoms with Crippen molar-refractivity contribution in [2.75, 3.05) is 33.7 Å². The van der Waals surface area contributed by atoms with Crippen molar-refractivity contribution in [3.63, 3.8) is 0 Å². The summed E-state index contributed by atoms with van der Waals surface area (Å²) in [6, 6.07) is 0. The van der Waals surface area contributed by atoms with Gasteiger partial charge in [0.15, 0.2) is 0 Å². The number of hydrogen-bond acceptors (Lipinski definition) is 4. The summed E-state index contributed by atoms with van der Waals surface area (Å²) in [4.78, 5) is 24.6. The number of rotatable bonds is 8. The summed E-state index contributed by atoms with van der Waals surface area (Å²) in [5.74, 6) is 0.0741. The number of ether oxygens (including phenoxy) is 1. The van der Waals surface area contributed by atoms with Gasteiger partial charge in [0.25, 0.3) is 0 Å². The standard InChI is InChI=1S/C14H29N3O3/c1-14(2,3)20-13(19)16-9-7-11-17(5)10-6-8-12(18)15-4/h6-11H2,1-5H3,(H,15,18)(H,16,19). The smallest absolute Gasteiger partial charge is 0.407 e. The van der Waals surface area contributed by atoms with Gasteiger partial charge in [-0.25, -0.2) is 4.79 Å². The molecule has 0 saturated carbocycles. The van der Waals surface area contributed by atoms with Crippen molar-refractivity contribution in [2.45, 2.75) is 45.6 Å². The molecule has 0 saturated heterocycles. The number of amides is 2. The zero-order chi connectivity index (χ0) is 15.6. The van der Waals surface area contributed by atoms with Crippen LogP contribution in [0.15, 0.2) is 0 Å². The molecule has 0 aliphatic carbocycles. The number of nitrogens with zero attached hydrogens (tertiary/aromatic N) is 1. The van der Waals surface area contributed by atoms with Crippen LogP contribution in [0.1, 0.15) is 40.0 Å². The molecular weight excluding hydrogens is 258 g/mol. The highest BCUT2D eigenvalue weighted by molar-refractivity contribution is 5.75. The second-order valence-electron chi connectivity index (χ2n) is 5.86. The molecule has 20 heavy (non-hydrogen) atoms. The van der Waals surface area contributed by atoms with E-state index in [2.05, 4.69) is 15.5 Å². The maximum atomic E-state index is 11.4. The van der Waals surface area contributed by atoms with Crippen LogP contribution >= 0.6 is 0 Å². The summed E-state index contributed by atoms with van der Waals surface area (Å²) in [6.45, 7) is 7.87. The van der Waals surface area contributed by atoms with Crippen LogP contribution in [0.4, 0.5) is 4.79 Å². The van der Waals surface area contributed by atoms with E-state index in [1.54, 1.807) is 7.05 Å². The first kappa shape index (κ1) is 18.7. The van der Waals surface area contributed by atoms with Gasteiger partial charge in [0.05, 0.1) is 0 Å². The van der Waals surface area contributed by atoms with E-state index in [1.807, 2.05) is 27.8 Å². The Bertz CT molecular complexity index is 301. The van der Waals surface area contributed by atoms with Gasteiger partial charge in [-0.1, -0.05) is 0 Å². The molecule has 2 N–H and O–H groups in total. The van der Waals surface area contributed by atoms with Gasteiger partial charge in [-0.15, -0.1) is 0 Å². The number of alkyl carbamates (subject to hydrolysis) is 1. The second-order valence-corrected chi connectivity index (χ2v) is 5.86. The first-order chi connectivity index (χ1) is 9.24. The molecule has 0 unspecified atom stereocenters. The van der Waals surface area contributed by atoms with Crippen molar-refractivity contribution in [3.05, 3.63) is 0 Å². The minimum Gasteiger partial charge on any atom is -0.444 e. The van der Waals surface area contributed by atoms with Crippen LogP contribution in [0.25, 0.3) is 0 Å². The van der Waals surface area contributed by atoms with Gasteiger partial charge in [0.1, 0.15) is 5.60 Å². The average Bonchev–Trinajstić information content (AvgIpc) is 2.32. The summed E-state index contributed by atoms with van der Waals surface area (Å²) in [5.41, 5.74) is -0.458. The molecule has 0 aromatic rings. The van der Waals surface area contributed by atoms with E-state index in [1.165, 1.54) is 0 Å². The normalized spacial score (nSPS) is 11.3. The largest absolute Gasteiger partial charge is 0.444 e. The highest BCUT2D eigenvalue weighted by Crippen LogP contribution is 2.06. The molecule has 0 rings (SSSR count). The third-order valence-corrected chi connectivity index (χ3v) is 2.61. The van der Waals surface area contributed by atoms with Crippen molar-refractivity contribution in [3.8, 4) is 0 Å². The monoisotopic (exact) mass is 287 g/mol. The molecule has 0 heterocycles. The minimum atomic E-state index is -0.458. The van der Waals surface area contributed by atoms with Crippen LogP contribution in [0.3, 0.4) is 0 Å². The lowest BCUT2D eigenvalue weighted by Gasteiger charge is -2.20. The topological polar surface area (TPSA) is 70.7 Å². The molecule has 6 heteroatoms. The Balaban J connectivity index is 3.55. The lowest BCUT2D eigenvalue weighted by Crippen LogP contribution is -2.34. The molecule has 0 bridgehead atoms. The van der Waals surface area contributed by atoms with E-state index in [-0.39, 0.29) is 12.0 Å². The van der Waals surface area contributed by atoms with Gasteiger partial charge in [-0.05, 0) is 53.8 Å². The van der Waals surface area contributed by atoms with Gasteiger partial charge in [0.2, 0.25) is 5.91 Å². The van der Waals surface area contributed by atoms with E-state index in [0.29, 0.717) is 13.0 Å². The number of hydrogen-bond donors (Lipinski definition) is 2. The SMILES string of the molecule is CNC(=O)CCCN(C)CCCNC(=O)OC(C)(C)C. The predicted molar refractivity (Wildman–Crippen MR) is 79.7 cm³/mol. The van der Waals surface area contributed by atoms with Crippen LogP contribution in [0, 0.1) is 0 Å². The molecule has 118 valence electrons. The quantitative estimate of drug-likeness (QED) is 0.661. The van der Waals surface area contributed by atoms with Crippen molar-refractivity contribution >= 4 is 12.0 Å². The van der Waals surface area contributed by atoms with Gasteiger partial charge < -0.3 is 20.3 Å². The Kier molecular flexibility index (Phi) is 8.96. The van der Waals surface area contributed by atoms with Crippen LogP contribution in [-0.2, 0) is 9.53 Å². The molecule has 0 aliphatic rings. The van der Waals surface area contributed by atoms with Crippen molar-refractivity contribution in [1.82, 2.24) is 15.5 Å². The highest BCUT2D eigenvalue weighted by Gasteiger charge is 2.15. The summed E-state index contributed by atoms with van der Waals surface area (Å²) in [5, 5.41) is 5.33. The van der Waals surface area contributed by atoms with E-state index in [0.717, 1.165) is 25.9 Å². The average molecular weight is 287 g/mol. The minimum absolute atomic E-state index is 0.0741. The molecular formula is C14H29N3O3. The van der Waals surface area contributed by atoms with Gasteiger partial charge in [0, 0.05) is 20.0 Å². The Morgan fingerprint density at radius 1 is 1.15 bits per heavy atom. The fourth-order valence-electron chi connectivity index (χ4n) is 1.60. The van der Waals surface area contributed by atoms with Gasteiger partial charge >= 0.3 is 6.09 Å². The van der Waals surface area contributed by atoms with E-state index >= 15 is 0 Å². The van der Waals surface area contributed by atoms with Crippen molar-refractivity contribution < 1.29 is 14.3 Å². The van der Waals surface area contributed by atoms with Crippen molar-refractivity contribution in [2.24, 2.45) is 0 Å². The van der Waals surface area contributed by atoms with Crippen LogP contribution in [0.2, 0.25) is 0 Å². The third-order valence-electron chi connectivity index (χ3n) is 2.61. The molecule has 2 amide bonds. The fraction of sp³-hybridized carbons (Fsp3) is 0.857. The van der Waals surface area contributed by atoms with Crippen LogP contribution < -0.4 is 10.6 Å². The zero-order valence-corrected chi connectivity index (χ0v) is 13.4. The Morgan fingerprint density at radius 3 is 2.30 bits per heavy atom. The molecule has 0 spiro atoms. The summed E-state index contributed by atoms with van der Waals surface area (Å²) in [6.07, 6.45) is 1.88. The lowest BCUT2D eigenvalue weighted by molar-refractivity contribution is -0.120. The molecule has 0 fully saturated rings. The summed E-state index contributed by atoms with van der Waals surface area (Å²) in [7, 11) is 3.66. The summed E-state index contributed by atoms with van der Waals surface area (Å²) >= 11 is 0. The van der Waals surface area contributed by atoms with Gasteiger partial charge in [-0.2, -0.15) is 0 Å². The van der Waals surface area contributed by atoms with Gasteiger partial charge in [-0.3, -0.25) is 4.79 Å². The first-order valence-electron chi connectivity index (χ1n) is 7.10. The molecule has 0 radical (unpaired) electrons.